The number of fused-ring (bicyclic) bond motifs is 3. The summed E-state index contributed by atoms with van der Waals surface area (Å²) in [5, 5.41) is 4.32. The Morgan fingerprint density at radius 3 is 2.97 bits per heavy atom. The van der Waals surface area contributed by atoms with Crippen molar-refractivity contribution in [3.05, 3.63) is 65.0 Å². The van der Waals surface area contributed by atoms with E-state index in [4.69, 9.17) is 4.74 Å². The highest BCUT2D eigenvalue weighted by atomic mass is 19.2. The average molecular weight is 438 g/mol. The Kier molecular flexibility index (Phi) is 4.55. The highest BCUT2D eigenvalue weighted by Crippen LogP contribution is 2.48. The molecule has 2 fully saturated rings. The van der Waals surface area contributed by atoms with Gasteiger partial charge in [0, 0.05) is 36.9 Å². The maximum absolute atomic E-state index is 14.2. The van der Waals surface area contributed by atoms with Gasteiger partial charge in [-0.3, -0.25) is 4.79 Å². The number of hydrogen-bond donors (Lipinski definition) is 2. The van der Waals surface area contributed by atoms with E-state index in [1.54, 1.807) is 6.20 Å². The van der Waals surface area contributed by atoms with E-state index >= 15 is 0 Å². The van der Waals surface area contributed by atoms with Crippen LogP contribution in [-0.4, -0.2) is 39.9 Å². The molecule has 3 aliphatic rings. The van der Waals surface area contributed by atoms with Crippen molar-refractivity contribution < 1.29 is 18.3 Å². The van der Waals surface area contributed by atoms with Crippen LogP contribution in [0.4, 0.5) is 8.78 Å². The summed E-state index contributed by atoms with van der Waals surface area (Å²) in [5.74, 6) is -2.29. The van der Waals surface area contributed by atoms with Gasteiger partial charge in [-0.25, -0.2) is 13.8 Å². The first-order valence-electron chi connectivity index (χ1n) is 11.1. The number of carbonyl (C=O) groups excluding carboxylic acids is 1. The maximum atomic E-state index is 14.2. The molecule has 1 aliphatic carbocycles. The largest absolute Gasteiger partial charge is 0.365 e. The highest BCUT2D eigenvalue weighted by molar-refractivity contribution is 5.84. The molecule has 1 saturated heterocycles. The molecule has 8 heteroatoms. The van der Waals surface area contributed by atoms with Crippen molar-refractivity contribution >= 4 is 16.9 Å². The summed E-state index contributed by atoms with van der Waals surface area (Å²) in [7, 11) is 0. The maximum Gasteiger partial charge on any atom is 0.230 e. The Hall–Kier alpha value is -2.84. The molecule has 1 amide bonds. The quantitative estimate of drug-likeness (QED) is 0.655. The zero-order valence-corrected chi connectivity index (χ0v) is 17.5. The monoisotopic (exact) mass is 438 g/mol. The van der Waals surface area contributed by atoms with E-state index < -0.39 is 23.2 Å². The second-order valence-corrected chi connectivity index (χ2v) is 9.02. The summed E-state index contributed by atoms with van der Waals surface area (Å²) >= 11 is 0. The van der Waals surface area contributed by atoms with Crippen molar-refractivity contribution in [3.8, 4) is 0 Å². The summed E-state index contributed by atoms with van der Waals surface area (Å²) in [6.45, 7) is 1.76. The fourth-order valence-corrected chi connectivity index (χ4v) is 5.33. The van der Waals surface area contributed by atoms with Gasteiger partial charge in [0.2, 0.25) is 5.91 Å². The third kappa shape index (κ3) is 3.04. The Morgan fingerprint density at radius 2 is 2.12 bits per heavy atom. The molecule has 1 unspecified atom stereocenters. The third-order valence-electron chi connectivity index (χ3n) is 7.12. The summed E-state index contributed by atoms with van der Waals surface area (Å²) in [6, 6.07) is 6.52. The number of carbonyl (C=O) groups is 1. The lowest BCUT2D eigenvalue weighted by atomic mass is 9.75. The number of halogens is 2. The molecule has 2 aromatic heterocycles. The Labute approximate surface area is 184 Å². The van der Waals surface area contributed by atoms with E-state index in [2.05, 4.69) is 15.3 Å². The normalized spacial score (nSPS) is 24.8. The standard InChI is InChI=1S/C24H24F2N4O2/c25-20-8-14-13-32-24(18(14)9-21(20)26)5-7-27-11-19(24)23(31)30(16-3-4-16)12-15-10-29-22-17(15)2-1-6-28-22/h1-2,6,8-10,16,19,27H,3-5,7,11-13H2,(H,28,29)/t19-,24?/m1/s1. The van der Waals surface area contributed by atoms with Gasteiger partial charge in [0.15, 0.2) is 11.6 Å². The molecule has 0 bridgehead atoms. The number of amides is 1. The predicted molar refractivity (Wildman–Crippen MR) is 113 cm³/mol. The van der Waals surface area contributed by atoms with Gasteiger partial charge in [0.1, 0.15) is 11.2 Å². The number of ether oxygens (including phenoxy) is 1. The molecular formula is C24H24F2N4O2. The van der Waals surface area contributed by atoms with Gasteiger partial charge in [0.25, 0.3) is 0 Å². The topological polar surface area (TPSA) is 70.2 Å². The van der Waals surface area contributed by atoms with E-state index in [1.165, 1.54) is 12.1 Å². The number of hydrogen-bond acceptors (Lipinski definition) is 4. The van der Waals surface area contributed by atoms with E-state index in [9.17, 15) is 13.6 Å². The minimum Gasteiger partial charge on any atom is -0.365 e. The van der Waals surface area contributed by atoms with Crippen LogP contribution in [0.3, 0.4) is 0 Å². The number of rotatable bonds is 4. The molecule has 32 heavy (non-hydrogen) atoms. The Morgan fingerprint density at radius 1 is 1.28 bits per heavy atom. The van der Waals surface area contributed by atoms with Gasteiger partial charge in [-0.1, -0.05) is 0 Å². The Bertz CT molecular complexity index is 1210. The van der Waals surface area contributed by atoms with Crippen molar-refractivity contribution in [2.24, 2.45) is 5.92 Å². The van der Waals surface area contributed by atoms with Gasteiger partial charge in [-0.2, -0.15) is 0 Å². The van der Waals surface area contributed by atoms with E-state index in [-0.39, 0.29) is 18.6 Å². The number of H-pyrrole nitrogens is 1. The second-order valence-electron chi connectivity index (χ2n) is 9.02. The fourth-order valence-electron chi connectivity index (χ4n) is 5.33. The van der Waals surface area contributed by atoms with Crippen molar-refractivity contribution in [2.45, 2.75) is 44.1 Å². The van der Waals surface area contributed by atoms with Crippen molar-refractivity contribution in [3.63, 3.8) is 0 Å². The van der Waals surface area contributed by atoms with Crippen LogP contribution in [0.5, 0.6) is 0 Å². The first-order chi connectivity index (χ1) is 15.6. The van der Waals surface area contributed by atoms with Crippen LogP contribution in [0, 0.1) is 17.6 Å². The van der Waals surface area contributed by atoms with E-state index in [0.717, 1.165) is 29.4 Å². The molecule has 6 rings (SSSR count). The SMILES string of the molecule is O=C([C@H]1CNCCC12OCc1cc(F)c(F)cc12)N(Cc1c[nH]c2ncccc12)C1CC1. The van der Waals surface area contributed by atoms with E-state index in [0.29, 0.717) is 37.2 Å². The summed E-state index contributed by atoms with van der Waals surface area (Å²) in [6.07, 6.45) is 6.13. The number of nitrogens with zero attached hydrogens (tertiary/aromatic N) is 2. The molecule has 1 aromatic carbocycles. The predicted octanol–water partition coefficient (Wildman–Crippen LogP) is 3.37. The second kappa shape index (κ2) is 7.35. The summed E-state index contributed by atoms with van der Waals surface area (Å²) in [5.41, 5.74) is 2.13. The summed E-state index contributed by atoms with van der Waals surface area (Å²) in [4.78, 5) is 23.4. The van der Waals surface area contributed by atoms with Crippen molar-refractivity contribution in [1.29, 1.82) is 0 Å². The highest BCUT2D eigenvalue weighted by Gasteiger charge is 2.53. The lowest BCUT2D eigenvalue weighted by Gasteiger charge is -2.42. The first kappa shape index (κ1) is 19.8. The lowest BCUT2D eigenvalue weighted by Crippen LogP contribution is -2.55. The van der Waals surface area contributed by atoms with Gasteiger partial charge < -0.3 is 19.9 Å². The smallest absolute Gasteiger partial charge is 0.230 e. The lowest BCUT2D eigenvalue weighted by molar-refractivity contribution is -0.157. The minimum absolute atomic E-state index is 0.00414. The number of aromatic amines is 1. The van der Waals surface area contributed by atoms with Crippen LogP contribution < -0.4 is 5.32 Å². The third-order valence-corrected chi connectivity index (χ3v) is 7.12. The van der Waals surface area contributed by atoms with E-state index in [1.807, 2.05) is 23.2 Å². The molecule has 3 aromatic rings. The number of pyridine rings is 1. The van der Waals surface area contributed by atoms with Crippen LogP contribution in [0.1, 0.15) is 36.0 Å². The number of aromatic nitrogens is 2. The molecule has 2 aliphatic heterocycles. The van der Waals surface area contributed by atoms with Gasteiger partial charge >= 0.3 is 0 Å². The van der Waals surface area contributed by atoms with Crippen LogP contribution in [-0.2, 0) is 28.3 Å². The molecule has 166 valence electrons. The minimum atomic E-state index is -0.929. The average Bonchev–Trinajstić information content (AvgIpc) is 3.49. The number of nitrogens with one attached hydrogen (secondary N) is 2. The van der Waals surface area contributed by atoms with Crippen LogP contribution in [0.15, 0.2) is 36.7 Å². The van der Waals surface area contributed by atoms with Crippen LogP contribution in [0.25, 0.3) is 11.0 Å². The summed E-state index contributed by atoms with van der Waals surface area (Å²) < 4.78 is 34.2. The molecule has 4 heterocycles. The molecule has 2 atom stereocenters. The molecular weight excluding hydrogens is 414 g/mol. The van der Waals surface area contributed by atoms with Crippen molar-refractivity contribution in [2.75, 3.05) is 13.1 Å². The molecule has 6 nitrogen and oxygen atoms in total. The first-order valence-corrected chi connectivity index (χ1v) is 11.1. The van der Waals surface area contributed by atoms with Crippen LogP contribution >= 0.6 is 0 Å². The zero-order chi connectivity index (χ0) is 21.9. The number of benzene rings is 1. The van der Waals surface area contributed by atoms with Gasteiger partial charge in [-0.05, 0) is 66.8 Å². The van der Waals surface area contributed by atoms with Gasteiger partial charge in [-0.15, -0.1) is 0 Å². The van der Waals surface area contributed by atoms with Crippen LogP contribution in [0.2, 0.25) is 0 Å². The zero-order valence-electron chi connectivity index (χ0n) is 17.5. The molecule has 0 radical (unpaired) electrons. The van der Waals surface area contributed by atoms with Gasteiger partial charge in [0.05, 0.1) is 12.5 Å². The number of piperidine rings is 1. The molecule has 2 N–H and O–H groups in total. The Balaban J connectivity index is 1.36. The fraction of sp³-hybridized carbons (Fsp3) is 0.417. The molecule has 1 spiro atoms. The molecule has 1 saturated carbocycles. The van der Waals surface area contributed by atoms with Crippen molar-refractivity contribution in [1.82, 2.24) is 20.2 Å².